The zero-order chi connectivity index (χ0) is 8.55. The maximum absolute atomic E-state index is 4.14. The summed E-state index contributed by atoms with van der Waals surface area (Å²) in [7, 11) is 0. The number of aromatic nitrogens is 3. The first-order valence-electron chi connectivity index (χ1n) is 3.80. The Kier molecular flexibility index (Phi) is 1.84. The molecule has 0 fully saturated rings. The van der Waals surface area contributed by atoms with Gasteiger partial charge >= 0.3 is 0 Å². The zero-order valence-corrected chi connectivity index (χ0v) is 8.22. The van der Waals surface area contributed by atoms with Crippen molar-refractivity contribution in [2.24, 2.45) is 0 Å². The number of pyridine rings is 1. The van der Waals surface area contributed by atoms with Crippen LogP contribution >= 0.6 is 15.9 Å². The molecule has 62 valence electrons. The third-order valence-corrected chi connectivity index (χ3v) is 2.45. The molecule has 0 aromatic carbocycles. The monoisotopic (exact) mass is 225 g/mol. The number of rotatable bonds is 1. The molecule has 4 heteroatoms. The highest BCUT2D eigenvalue weighted by atomic mass is 79.9. The van der Waals surface area contributed by atoms with Gasteiger partial charge < -0.3 is 0 Å². The average Bonchev–Trinajstić information content (AvgIpc) is 2.48. The number of fused-ring (bicyclic) bond motifs is 1. The maximum Gasteiger partial charge on any atom is 0.182 e. The van der Waals surface area contributed by atoms with Gasteiger partial charge in [-0.2, -0.15) is 5.10 Å². The summed E-state index contributed by atoms with van der Waals surface area (Å²) in [6.07, 6.45) is 2.78. The van der Waals surface area contributed by atoms with Gasteiger partial charge in [-0.25, -0.2) is 4.98 Å². The number of hydrogen-bond acceptors (Lipinski definition) is 2. The predicted molar refractivity (Wildman–Crippen MR) is 51.0 cm³/mol. The molecule has 0 saturated carbocycles. The molecule has 0 amide bonds. The van der Waals surface area contributed by atoms with Crippen LogP contribution in [0.4, 0.5) is 0 Å². The van der Waals surface area contributed by atoms with Gasteiger partial charge in [0.25, 0.3) is 0 Å². The van der Waals surface area contributed by atoms with Crippen molar-refractivity contribution < 1.29 is 0 Å². The van der Waals surface area contributed by atoms with Gasteiger partial charge in [-0.3, -0.25) is 5.10 Å². The van der Waals surface area contributed by atoms with E-state index in [0.717, 1.165) is 22.1 Å². The predicted octanol–water partition coefficient (Wildman–Crippen LogP) is 2.28. The van der Waals surface area contributed by atoms with Gasteiger partial charge in [0.15, 0.2) is 5.65 Å². The average molecular weight is 226 g/mol. The lowest BCUT2D eigenvalue weighted by atomic mass is 10.1. The van der Waals surface area contributed by atoms with E-state index in [0.29, 0.717) is 0 Å². The Morgan fingerprint density at radius 2 is 2.42 bits per heavy atom. The van der Waals surface area contributed by atoms with E-state index in [-0.39, 0.29) is 0 Å². The highest BCUT2D eigenvalue weighted by Crippen LogP contribution is 2.23. The molecule has 2 aromatic heterocycles. The molecular formula is C8H8BrN3. The maximum atomic E-state index is 4.14. The summed E-state index contributed by atoms with van der Waals surface area (Å²) in [5.74, 6) is 0. The molecule has 0 aliphatic heterocycles. The molecule has 0 unspecified atom stereocenters. The Morgan fingerprint density at radius 3 is 3.17 bits per heavy atom. The minimum Gasteiger partial charge on any atom is -0.269 e. The summed E-state index contributed by atoms with van der Waals surface area (Å²) in [5.41, 5.74) is 2.04. The fourth-order valence-corrected chi connectivity index (χ4v) is 1.79. The van der Waals surface area contributed by atoms with Gasteiger partial charge in [0.05, 0.1) is 5.39 Å². The molecule has 12 heavy (non-hydrogen) atoms. The van der Waals surface area contributed by atoms with Crippen LogP contribution in [0.3, 0.4) is 0 Å². The van der Waals surface area contributed by atoms with Gasteiger partial charge in [0.1, 0.15) is 4.60 Å². The Morgan fingerprint density at radius 1 is 1.58 bits per heavy atom. The molecular weight excluding hydrogens is 218 g/mol. The highest BCUT2D eigenvalue weighted by molar-refractivity contribution is 9.10. The van der Waals surface area contributed by atoms with Gasteiger partial charge in [-0.15, -0.1) is 0 Å². The molecule has 0 atom stereocenters. The van der Waals surface area contributed by atoms with Crippen LogP contribution in [0.2, 0.25) is 0 Å². The van der Waals surface area contributed by atoms with Gasteiger partial charge in [-0.1, -0.05) is 6.92 Å². The molecule has 3 nitrogen and oxygen atoms in total. The van der Waals surface area contributed by atoms with Crippen LogP contribution in [0, 0.1) is 0 Å². The quantitative estimate of drug-likeness (QED) is 0.810. The second-order valence-corrected chi connectivity index (χ2v) is 3.35. The van der Waals surface area contributed by atoms with Crippen LogP contribution in [0.1, 0.15) is 12.5 Å². The fourth-order valence-electron chi connectivity index (χ4n) is 1.27. The van der Waals surface area contributed by atoms with Crippen molar-refractivity contribution in [3.05, 3.63) is 22.4 Å². The van der Waals surface area contributed by atoms with Crippen LogP contribution in [0.25, 0.3) is 11.0 Å². The Bertz CT molecular complexity index is 408. The second kappa shape index (κ2) is 2.86. The molecule has 0 aliphatic carbocycles. The summed E-state index contributed by atoms with van der Waals surface area (Å²) in [4.78, 5) is 4.14. The number of hydrogen-bond donors (Lipinski definition) is 1. The summed E-state index contributed by atoms with van der Waals surface area (Å²) < 4.78 is 0.919. The van der Waals surface area contributed by atoms with Gasteiger partial charge in [0, 0.05) is 6.20 Å². The van der Waals surface area contributed by atoms with E-state index < -0.39 is 0 Å². The molecule has 2 rings (SSSR count). The SMILES string of the molecule is CCc1ccnc2n[nH]c(Br)c12. The van der Waals surface area contributed by atoms with Gasteiger partial charge in [0.2, 0.25) is 0 Å². The van der Waals surface area contributed by atoms with E-state index in [1.807, 2.05) is 6.07 Å². The van der Waals surface area contributed by atoms with Crippen molar-refractivity contribution in [3.63, 3.8) is 0 Å². The number of halogens is 1. The molecule has 2 heterocycles. The fraction of sp³-hybridized carbons (Fsp3) is 0.250. The zero-order valence-electron chi connectivity index (χ0n) is 6.63. The molecule has 0 aliphatic rings. The lowest BCUT2D eigenvalue weighted by Gasteiger charge is -1.96. The normalized spacial score (nSPS) is 10.8. The van der Waals surface area contributed by atoms with E-state index in [9.17, 15) is 0 Å². The van der Waals surface area contributed by atoms with Gasteiger partial charge in [-0.05, 0) is 34.0 Å². The number of nitrogens with zero attached hydrogens (tertiary/aromatic N) is 2. The summed E-state index contributed by atoms with van der Waals surface area (Å²) in [6.45, 7) is 2.12. The lowest BCUT2D eigenvalue weighted by molar-refractivity contribution is 1.08. The summed E-state index contributed by atoms with van der Waals surface area (Å²) in [5, 5.41) is 8.00. The standard InChI is InChI=1S/C8H8BrN3/c1-2-5-3-4-10-8-6(5)7(9)11-12-8/h3-4H,2H2,1H3,(H,10,11,12). The Balaban J connectivity index is 2.84. The summed E-state index contributed by atoms with van der Waals surface area (Å²) in [6, 6.07) is 2.02. The second-order valence-electron chi connectivity index (χ2n) is 2.56. The van der Waals surface area contributed by atoms with Crippen molar-refractivity contribution in [3.8, 4) is 0 Å². The molecule has 0 bridgehead atoms. The highest BCUT2D eigenvalue weighted by Gasteiger charge is 2.06. The van der Waals surface area contributed by atoms with Crippen LogP contribution in [0.5, 0.6) is 0 Å². The number of aromatic amines is 1. The van der Waals surface area contributed by atoms with E-state index in [4.69, 9.17) is 0 Å². The smallest absolute Gasteiger partial charge is 0.182 e. The molecule has 0 spiro atoms. The number of aryl methyl sites for hydroxylation is 1. The number of H-pyrrole nitrogens is 1. The molecule has 1 N–H and O–H groups in total. The third-order valence-electron chi connectivity index (χ3n) is 1.88. The lowest BCUT2D eigenvalue weighted by Crippen LogP contribution is -1.83. The van der Waals surface area contributed by atoms with Crippen molar-refractivity contribution in [2.45, 2.75) is 13.3 Å². The molecule has 0 saturated heterocycles. The molecule has 0 radical (unpaired) electrons. The van der Waals surface area contributed by atoms with E-state index >= 15 is 0 Å². The van der Waals surface area contributed by atoms with E-state index in [1.54, 1.807) is 6.20 Å². The first kappa shape index (κ1) is 7.73. The Labute approximate surface area is 78.3 Å². The number of nitrogens with one attached hydrogen (secondary N) is 1. The Hall–Kier alpha value is -0.900. The van der Waals surface area contributed by atoms with Crippen molar-refractivity contribution in [2.75, 3.05) is 0 Å². The van der Waals surface area contributed by atoms with Crippen LogP contribution in [-0.4, -0.2) is 15.2 Å². The third kappa shape index (κ3) is 1.03. The first-order valence-corrected chi connectivity index (χ1v) is 4.59. The van der Waals surface area contributed by atoms with Crippen molar-refractivity contribution in [1.82, 2.24) is 15.2 Å². The molecule has 2 aromatic rings. The minimum atomic E-state index is 0.779. The topological polar surface area (TPSA) is 41.6 Å². The largest absolute Gasteiger partial charge is 0.269 e. The van der Waals surface area contributed by atoms with Crippen molar-refractivity contribution >= 4 is 27.0 Å². The first-order chi connectivity index (χ1) is 5.83. The summed E-state index contributed by atoms with van der Waals surface area (Å²) >= 11 is 3.40. The van der Waals surface area contributed by atoms with E-state index in [1.165, 1.54) is 5.56 Å². The van der Waals surface area contributed by atoms with Crippen LogP contribution in [-0.2, 0) is 6.42 Å². The minimum absolute atomic E-state index is 0.779. The van der Waals surface area contributed by atoms with Crippen LogP contribution in [0.15, 0.2) is 16.9 Å². The van der Waals surface area contributed by atoms with Crippen molar-refractivity contribution in [1.29, 1.82) is 0 Å². The van der Waals surface area contributed by atoms with E-state index in [2.05, 4.69) is 38.0 Å². The van der Waals surface area contributed by atoms with Crippen LogP contribution < -0.4 is 0 Å².